The molecule has 0 radical (unpaired) electrons. The van der Waals surface area contributed by atoms with Crippen molar-refractivity contribution in [1.82, 2.24) is 15.1 Å². The van der Waals surface area contributed by atoms with Crippen LogP contribution in [0.4, 0.5) is 4.39 Å². The van der Waals surface area contributed by atoms with E-state index in [1.54, 1.807) is 42.5 Å². The summed E-state index contributed by atoms with van der Waals surface area (Å²) in [4.78, 5) is 16.9. The first kappa shape index (κ1) is 19.3. The van der Waals surface area contributed by atoms with Crippen molar-refractivity contribution in [3.8, 4) is 5.75 Å². The molecule has 144 valence electrons. The van der Waals surface area contributed by atoms with E-state index < -0.39 is 0 Å². The van der Waals surface area contributed by atoms with Crippen LogP contribution >= 0.6 is 0 Å². The Balaban J connectivity index is 1.50. The largest absolute Gasteiger partial charge is 0.489 e. The maximum Gasteiger partial charge on any atom is 0.251 e. The highest BCUT2D eigenvalue weighted by Gasteiger charge is 2.22. The fourth-order valence-electron chi connectivity index (χ4n) is 3.11. The number of carbonyl (C=O) groups is 1. The van der Waals surface area contributed by atoms with E-state index in [0.717, 1.165) is 19.6 Å². The molecule has 6 heteroatoms. The monoisotopic (exact) mass is 371 g/mol. The van der Waals surface area contributed by atoms with E-state index in [-0.39, 0.29) is 18.3 Å². The summed E-state index contributed by atoms with van der Waals surface area (Å²) in [5.41, 5.74) is 1.08. The summed E-state index contributed by atoms with van der Waals surface area (Å²) in [7, 11) is 4.19. The molecule has 1 heterocycles. The van der Waals surface area contributed by atoms with Gasteiger partial charge in [-0.2, -0.15) is 0 Å². The van der Waals surface area contributed by atoms with Gasteiger partial charge in [0.2, 0.25) is 0 Å². The molecule has 0 saturated carbocycles. The van der Waals surface area contributed by atoms with Crippen LogP contribution in [0.25, 0.3) is 0 Å². The lowest BCUT2D eigenvalue weighted by atomic mass is 10.1. The number of hydrogen-bond donors (Lipinski definition) is 1. The predicted molar refractivity (Wildman–Crippen MR) is 103 cm³/mol. The molecule has 3 rings (SSSR count). The summed E-state index contributed by atoms with van der Waals surface area (Å²) in [6, 6.07) is 13.8. The Hall–Kier alpha value is -2.44. The molecule has 5 nitrogen and oxygen atoms in total. The average molecular weight is 371 g/mol. The van der Waals surface area contributed by atoms with Crippen LogP contribution in [0.1, 0.15) is 15.9 Å². The van der Waals surface area contributed by atoms with Crippen LogP contribution in [0, 0.1) is 5.82 Å². The van der Waals surface area contributed by atoms with Gasteiger partial charge < -0.3 is 15.0 Å². The second-order valence-corrected chi connectivity index (χ2v) is 7.01. The second kappa shape index (κ2) is 8.97. The highest BCUT2D eigenvalue weighted by molar-refractivity contribution is 5.94. The molecule has 0 unspecified atom stereocenters. The number of benzene rings is 2. The number of nitrogens with zero attached hydrogens (tertiary/aromatic N) is 2. The van der Waals surface area contributed by atoms with E-state index in [2.05, 4.69) is 29.2 Å². The van der Waals surface area contributed by atoms with Gasteiger partial charge in [-0.3, -0.25) is 9.69 Å². The smallest absolute Gasteiger partial charge is 0.251 e. The molecular formula is C21H26FN3O2. The van der Waals surface area contributed by atoms with Gasteiger partial charge >= 0.3 is 0 Å². The van der Waals surface area contributed by atoms with Crippen molar-refractivity contribution in [3.63, 3.8) is 0 Å². The molecule has 27 heavy (non-hydrogen) atoms. The van der Waals surface area contributed by atoms with Gasteiger partial charge in [0.25, 0.3) is 5.91 Å². The van der Waals surface area contributed by atoms with Crippen LogP contribution in [0.2, 0.25) is 0 Å². The summed E-state index contributed by atoms with van der Waals surface area (Å²) in [6.45, 7) is 3.77. The van der Waals surface area contributed by atoms with Crippen molar-refractivity contribution in [2.75, 3.05) is 40.3 Å². The van der Waals surface area contributed by atoms with Gasteiger partial charge in [0.15, 0.2) is 0 Å². The van der Waals surface area contributed by atoms with Crippen molar-refractivity contribution in [2.24, 2.45) is 0 Å². The Bertz CT molecular complexity index is 766. The minimum absolute atomic E-state index is 0.0997. The van der Waals surface area contributed by atoms with Gasteiger partial charge in [-0.05, 0) is 44.4 Å². The van der Waals surface area contributed by atoms with Gasteiger partial charge in [-0.15, -0.1) is 0 Å². The van der Waals surface area contributed by atoms with E-state index in [9.17, 15) is 9.18 Å². The summed E-state index contributed by atoms with van der Waals surface area (Å²) >= 11 is 0. The molecular weight excluding hydrogens is 345 g/mol. The highest BCUT2D eigenvalue weighted by Crippen LogP contribution is 2.16. The van der Waals surface area contributed by atoms with Gasteiger partial charge in [-0.25, -0.2) is 4.39 Å². The van der Waals surface area contributed by atoms with Gasteiger partial charge in [0.1, 0.15) is 18.2 Å². The van der Waals surface area contributed by atoms with E-state index in [1.807, 2.05) is 0 Å². The minimum Gasteiger partial charge on any atom is -0.489 e. The van der Waals surface area contributed by atoms with Gasteiger partial charge in [0, 0.05) is 43.3 Å². The van der Waals surface area contributed by atoms with Crippen LogP contribution in [-0.4, -0.2) is 62.0 Å². The van der Waals surface area contributed by atoms with Crippen LogP contribution in [0.5, 0.6) is 5.75 Å². The average Bonchev–Trinajstić information content (AvgIpc) is 2.68. The van der Waals surface area contributed by atoms with E-state index >= 15 is 0 Å². The molecule has 2 aromatic carbocycles. The Labute approximate surface area is 159 Å². The maximum absolute atomic E-state index is 13.6. The van der Waals surface area contributed by atoms with Crippen molar-refractivity contribution in [2.45, 2.75) is 12.6 Å². The maximum atomic E-state index is 13.6. The molecule has 1 atom stereocenters. The van der Waals surface area contributed by atoms with Crippen LogP contribution in [0.15, 0.2) is 48.5 Å². The molecule has 1 aliphatic rings. The molecule has 1 fully saturated rings. The molecule has 0 aliphatic carbocycles. The summed E-state index contributed by atoms with van der Waals surface area (Å²) < 4.78 is 19.2. The van der Waals surface area contributed by atoms with Crippen LogP contribution in [-0.2, 0) is 6.61 Å². The number of hydrogen-bond acceptors (Lipinski definition) is 4. The zero-order chi connectivity index (χ0) is 19.2. The fraction of sp³-hybridized carbons (Fsp3) is 0.381. The van der Waals surface area contributed by atoms with Gasteiger partial charge in [-0.1, -0.05) is 18.2 Å². The second-order valence-electron chi connectivity index (χ2n) is 7.01. The summed E-state index contributed by atoms with van der Waals surface area (Å²) in [5.74, 6) is 0.215. The molecule has 1 amide bonds. The normalized spacial score (nSPS) is 18.3. The van der Waals surface area contributed by atoms with Crippen LogP contribution < -0.4 is 10.1 Å². The molecule has 1 aliphatic heterocycles. The molecule has 0 bridgehead atoms. The lowest BCUT2D eigenvalue weighted by molar-refractivity contribution is 0.0881. The standard InChI is InChI=1S/C21H26FN3O2/c1-24-11-12-25(2)18(14-24)13-23-21(26)16-7-9-19(10-8-16)27-15-17-5-3-4-6-20(17)22/h3-10,18H,11-15H2,1-2H3,(H,23,26)/t18-/m1/s1. The molecule has 1 N–H and O–H groups in total. The first-order valence-electron chi connectivity index (χ1n) is 9.16. The number of likely N-dealkylation sites (N-methyl/N-ethyl adjacent to an activating group) is 2. The van der Waals surface area contributed by atoms with Gasteiger partial charge in [0.05, 0.1) is 0 Å². The summed E-state index contributed by atoms with van der Waals surface area (Å²) in [5, 5.41) is 3.01. The van der Waals surface area contributed by atoms with Crippen molar-refractivity contribution >= 4 is 5.91 Å². The van der Waals surface area contributed by atoms with E-state index in [4.69, 9.17) is 4.74 Å². The Kier molecular flexibility index (Phi) is 6.42. The number of carbonyl (C=O) groups excluding carboxylic acids is 1. The van der Waals surface area contributed by atoms with Crippen molar-refractivity contribution < 1.29 is 13.9 Å². The third-order valence-corrected chi connectivity index (χ3v) is 4.95. The van der Waals surface area contributed by atoms with E-state index in [1.165, 1.54) is 6.07 Å². The zero-order valence-electron chi connectivity index (χ0n) is 15.8. The number of rotatable bonds is 6. The minimum atomic E-state index is -0.285. The van der Waals surface area contributed by atoms with E-state index in [0.29, 0.717) is 29.5 Å². The Morgan fingerprint density at radius 1 is 1.15 bits per heavy atom. The quantitative estimate of drug-likeness (QED) is 0.847. The number of piperazine rings is 1. The Morgan fingerprint density at radius 3 is 2.63 bits per heavy atom. The van der Waals surface area contributed by atoms with Crippen molar-refractivity contribution in [3.05, 3.63) is 65.5 Å². The Morgan fingerprint density at radius 2 is 1.89 bits per heavy atom. The molecule has 1 saturated heterocycles. The van der Waals surface area contributed by atoms with Crippen LogP contribution in [0.3, 0.4) is 0 Å². The number of amides is 1. The number of nitrogens with one attached hydrogen (secondary N) is 1. The lowest BCUT2D eigenvalue weighted by Crippen LogP contribution is -2.54. The predicted octanol–water partition coefficient (Wildman–Crippen LogP) is 2.38. The first-order valence-corrected chi connectivity index (χ1v) is 9.16. The number of ether oxygens (including phenoxy) is 1. The first-order chi connectivity index (χ1) is 13.0. The highest BCUT2D eigenvalue weighted by atomic mass is 19.1. The molecule has 0 spiro atoms. The molecule has 2 aromatic rings. The fourth-order valence-corrected chi connectivity index (χ4v) is 3.11. The van der Waals surface area contributed by atoms with Crippen molar-refractivity contribution in [1.29, 1.82) is 0 Å². The lowest BCUT2D eigenvalue weighted by Gasteiger charge is -2.37. The third-order valence-electron chi connectivity index (χ3n) is 4.95. The third kappa shape index (κ3) is 5.28. The zero-order valence-corrected chi connectivity index (χ0v) is 15.8. The summed E-state index contributed by atoms with van der Waals surface area (Å²) in [6.07, 6.45) is 0. The topological polar surface area (TPSA) is 44.8 Å². The molecule has 0 aromatic heterocycles. The number of halogens is 1. The SMILES string of the molecule is CN1CCN(C)[C@H](CNC(=O)c2ccc(OCc3ccccc3F)cc2)C1.